The molecule has 3 heteroatoms. The zero-order chi connectivity index (χ0) is 12.1. The fourth-order valence-corrected chi connectivity index (χ4v) is 1.95. The van der Waals surface area contributed by atoms with Crippen LogP contribution in [0.5, 0.6) is 0 Å². The van der Waals surface area contributed by atoms with Crippen molar-refractivity contribution >= 4 is 11.6 Å². The van der Waals surface area contributed by atoms with Crippen LogP contribution in [0.3, 0.4) is 0 Å². The van der Waals surface area contributed by atoms with Crippen LogP contribution in [0.25, 0.3) is 0 Å². The van der Waals surface area contributed by atoms with Gasteiger partial charge in [0.1, 0.15) is 0 Å². The number of aryl methyl sites for hydroxylation is 1. The van der Waals surface area contributed by atoms with E-state index < -0.39 is 0 Å². The second-order valence-corrected chi connectivity index (χ2v) is 4.50. The monoisotopic (exact) mass is 241 g/mol. The fraction of sp³-hybridized carbons (Fsp3) is 0.538. The highest BCUT2D eigenvalue weighted by molar-refractivity contribution is 6.31. The molecule has 1 aromatic carbocycles. The number of methoxy groups -OCH3 is 1. The van der Waals surface area contributed by atoms with Crippen LogP contribution in [0.4, 0.5) is 0 Å². The van der Waals surface area contributed by atoms with Gasteiger partial charge in [-0.2, -0.15) is 0 Å². The molecule has 1 rings (SSSR count). The van der Waals surface area contributed by atoms with Gasteiger partial charge in [-0.05, 0) is 30.5 Å². The molecule has 0 amide bonds. The van der Waals surface area contributed by atoms with Crippen LogP contribution in [-0.2, 0) is 4.74 Å². The van der Waals surface area contributed by atoms with Crippen molar-refractivity contribution in [3.63, 3.8) is 0 Å². The first-order valence-corrected chi connectivity index (χ1v) is 6.02. The Hall–Kier alpha value is -0.570. The Balaban J connectivity index is 2.85. The lowest BCUT2D eigenvalue weighted by atomic mass is 9.98. The third-order valence-electron chi connectivity index (χ3n) is 2.86. The first kappa shape index (κ1) is 13.5. The highest BCUT2D eigenvalue weighted by atomic mass is 35.5. The van der Waals surface area contributed by atoms with Crippen LogP contribution in [-0.4, -0.2) is 13.2 Å². The van der Waals surface area contributed by atoms with E-state index in [1.807, 2.05) is 25.1 Å². The van der Waals surface area contributed by atoms with Gasteiger partial charge < -0.3 is 10.5 Å². The zero-order valence-electron chi connectivity index (χ0n) is 10.2. The van der Waals surface area contributed by atoms with Gasteiger partial charge in [-0.1, -0.05) is 37.1 Å². The highest BCUT2D eigenvalue weighted by Crippen LogP contribution is 2.24. The summed E-state index contributed by atoms with van der Waals surface area (Å²) in [6, 6.07) is 5.84. The molecule has 0 saturated heterocycles. The summed E-state index contributed by atoms with van der Waals surface area (Å²) in [7, 11) is 1.70. The Morgan fingerprint density at radius 2 is 2.12 bits per heavy atom. The predicted molar refractivity (Wildman–Crippen MR) is 68.8 cm³/mol. The minimum Gasteiger partial charge on any atom is -0.379 e. The van der Waals surface area contributed by atoms with Crippen LogP contribution < -0.4 is 5.73 Å². The normalized spacial score (nSPS) is 14.8. The molecule has 0 aliphatic carbocycles. The van der Waals surface area contributed by atoms with Crippen molar-refractivity contribution in [2.24, 2.45) is 5.73 Å². The summed E-state index contributed by atoms with van der Waals surface area (Å²) in [5, 5.41) is 0.763. The van der Waals surface area contributed by atoms with Crippen molar-refractivity contribution in [1.82, 2.24) is 0 Å². The maximum absolute atomic E-state index is 6.17. The number of ether oxygens (including phenoxy) is 1. The molecule has 0 spiro atoms. The standard InChI is InChI=1S/C13H20ClNO/c1-4-5-12(16-3)13(15)10-7-6-9(2)11(14)8-10/h6-8,12-13H,4-5,15H2,1-3H3. The van der Waals surface area contributed by atoms with Gasteiger partial charge in [0.25, 0.3) is 0 Å². The summed E-state index contributed by atoms with van der Waals surface area (Å²) in [5.74, 6) is 0. The Labute approximate surface area is 103 Å². The zero-order valence-corrected chi connectivity index (χ0v) is 10.9. The summed E-state index contributed by atoms with van der Waals surface area (Å²) < 4.78 is 5.41. The van der Waals surface area contributed by atoms with Gasteiger partial charge in [-0.15, -0.1) is 0 Å². The molecule has 0 saturated carbocycles. The average molecular weight is 242 g/mol. The third kappa shape index (κ3) is 3.21. The molecule has 0 fully saturated rings. The molecule has 2 unspecified atom stereocenters. The summed E-state index contributed by atoms with van der Waals surface area (Å²) in [6.07, 6.45) is 2.08. The molecule has 1 aromatic rings. The molecule has 0 heterocycles. The quantitative estimate of drug-likeness (QED) is 0.857. The maximum Gasteiger partial charge on any atom is 0.0763 e. The molecule has 0 radical (unpaired) electrons. The van der Waals surface area contributed by atoms with Crippen molar-refractivity contribution in [3.05, 3.63) is 34.3 Å². The molecule has 2 atom stereocenters. The lowest BCUT2D eigenvalue weighted by molar-refractivity contribution is 0.0725. The van der Waals surface area contributed by atoms with Gasteiger partial charge >= 0.3 is 0 Å². The predicted octanol–water partition coefficient (Wildman–Crippen LogP) is 3.46. The smallest absolute Gasteiger partial charge is 0.0763 e. The van der Waals surface area contributed by atoms with Gasteiger partial charge in [0.05, 0.1) is 12.1 Å². The number of hydrogen-bond donors (Lipinski definition) is 1. The number of nitrogens with two attached hydrogens (primary N) is 1. The van der Waals surface area contributed by atoms with Gasteiger partial charge in [0.15, 0.2) is 0 Å². The fourth-order valence-electron chi connectivity index (χ4n) is 1.76. The molecule has 0 aromatic heterocycles. The minimum atomic E-state index is -0.108. The summed E-state index contributed by atoms with van der Waals surface area (Å²) in [4.78, 5) is 0. The molecule has 0 aliphatic heterocycles. The van der Waals surface area contributed by atoms with E-state index in [0.29, 0.717) is 0 Å². The second kappa shape index (κ2) is 6.24. The molecule has 2 N–H and O–H groups in total. The third-order valence-corrected chi connectivity index (χ3v) is 3.26. The van der Waals surface area contributed by atoms with E-state index in [1.54, 1.807) is 7.11 Å². The van der Waals surface area contributed by atoms with E-state index in [4.69, 9.17) is 22.1 Å². The van der Waals surface area contributed by atoms with Crippen molar-refractivity contribution in [2.45, 2.75) is 38.8 Å². The Morgan fingerprint density at radius 1 is 1.44 bits per heavy atom. The van der Waals surface area contributed by atoms with E-state index >= 15 is 0 Å². The lowest BCUT2D eigenvalue weighted by Gasteiger charge is -2.22. The van der Waals surface area contributed by atoms with Crippen LogP contribution in [0.2, 0.25) is 5.02 Å². The van der Waals surface area contributed by atoms with Gasteiger partial charge in [0, 0.05) is 12.1 Å². The van der Waals surface area contributed by atoms with Crippen LogP contribution >= 0.6 is 11.6 Å². The van der Waals surface area contributed by atoms with E-state index in [1.165, 1.54) is 0 Å². The highest BCUT2D eigenvalue weighted by Gasteiger charge is 2.18. The van der Waals surface area contributed by atoms with E-state index in [-0.39, 0.29) is 12.1 Å². The lowest BCUT2D eigenvalue weighted by Crippen LogP contribution is -2.27. The molecular formula is C13H20ClNO. The van der Waals surface area contributed by atoms with Gasteiger partial charge in [-0.25, -0.2) is 0 Å². The van der Waals surface area contributed by atoms with E-state index in [0.717, 1.165) is 29.0 Å². The Bertz CT molecular complexity index is 341. The maximum atomic E-state index is 6.17. The van der Waals surface area contributed by atoms with Crippen LogP contribution in [0.1, 0.15) is 36.9 Å². The first-order valence-electron chi connectivity index (χ1n) is 5.64. The van der Waals surface area contributed by atoms with Crippen molar-refractivity contribution < 1.29 is 4.74 Å². The summed E-state index contributed by atoms with van der Waals surface area (Å²) >= 11 is 6.09. The van der Waals surface area contributed by atoms with E-state index in [9.17, 15) is 0 Å². The Kier molecular flexibility index (Phi) is 5.26. The average Bonchev–Trinajstić information content (AvgIpc) is 2.28. The second-order valence-electron chi connectivity index (χ2n) is 4.10. The minimum absolute atomic E-state index is 0.0590. The molecule has 0 bridgehead atoms. The summed E-state index contributed by atoms with van der Waals surface area (Å²) in [5.41, 5.74) is 8.28. The Morgan fingerprint density at radius 3 is 2.62 bits per heavy atom. The number of rotatable bonds is 5. The van der Waals surface area contributed by atoms with Crippen molar-refractivity contribution in [2.75, 3.05) is 7.11 Å². The largest absolute Gasteiger partial charge is 0.379 e. The first-order chi connectivity index (χ1) is 7.60. The molecule has 90 valence electrons. The van der Waals surface area contributed by atoms with Crippen LogP contribution in [0.15, 0.2) is 18.2 Å². The van der Waals surface area contributed by atoms with Crippen molar-refractivity contribution in [1.29, 1.82) is 0 Å². The molecular weight excluding hydrogens is 222 g/mol. The summed E-state index contributed by atoms with van der Waals surface area (Å²) in [6.45, 7) is 4.11. The molecule has 0 aliphatic rings. The molecule has 2 nitrogen and oxygen atoms in total. The van der Waals surface area contributed by atoms with Gasteiger partial charge in [-0.3, -0.25) is 0 Å². The van der Waals surface area contributed by atoms with Crippen molar-refractivity contribution in [3.8, 4) is 0 Å². The number of hydrogen-bond acceptors (Lipinski definition) is 2. The topological polar surface area (TPSA) is 35.2 Å². The molecule has 16 heavy (non-hydrogen) atoms. The van der Waals surface area contributed by atoms with Gasteiger partial charge in [0.2, 0.25) is 0 Å². The van der Waals surface area contributed by atoms with E-state index in [2.05, 4.69) is 6.92 Å². The number of benzene rings is 1. The SMILES string of the molecule is CCCC(OC)C(N)c1ccc(C)c(Cl)c1. The number of halogens is 1. The van der Waals surface area contributed by atoms with Crippen LogP contribution in [0, 0.1) is 6.92 Å².